The lowest BCUT2D eigenvalue weighted by molar-refractivity contribution is 0.0803. The van der Waals surface area contributed by atoms with E-state index in [0.29, 0.717) is 12.1 Å². The number of nitrogens with zero attached hydrogens (tertiary/aromatic N) is 2. The van der Waals surface area contributed by atoms with Gasteiger partial charge in [-0.1, -0.05) is 0 Å². The van der Waals surface area contributed by atoms with E-state index in [4.69, 9.17) is 0 Å². The zero-order valence-corrected chi connectivity index (χ0v) is 10.2. The molecular formula is C13H17FN2O. The number of halogens is 1. The molecule has 1 aliphatic rings. The third-order valence-corrected chi connectivity index (χ3v) is 3.21. The van der Waals surface area contributed by atoms with Crippen LogP contribution in [-0.4, -0.2) is 37.5 Å². The Balaban J connectivity index is 2.35. The summed E-state index contributed by atoms with van der Waals surface area (Å²) in [5.41, 5.74) is 1.32. The second-order valence-electron chi connectivity index (χ2n) is 4.32. The number of hydrogen-bond donors (Lipinski definition) is 0. The molecule has 0 radical (unpaired) electrons. The van der Waals surface area contributed by atoms with Crippen molar-refractivity contribution in [2.45, 2.75) is 13.3 Å². The maximum atomic E-state index is 13.3. The van der Waals surface area contributed by atoms with Gasteiger partial charge in [0.15, 0.2) is 0 Å². The summed E-state index contributed by atoms with van der Waals surface area (Å²) in [4.78, 5) is 15.8. The van der Waals surface area contributed by atoms with Crippen LogP contribution in [0.3, 0.4) is 0 Å². The first-order valence-corrected chi connectivity index (χ1v) is 5.93. The zero-order valence-electron chi connectivity index (χ0n) is 10.2. The van der Waals surface area contributed by atoms with Gasteiger partial charge in [0.2, 0.25) is 0 Å². The van der Waals surface area contributed by atoms with Gasteiger partial charge in [0.1, 0.15) is 5.82 Å². The molecule has 0 aliphatic carbocycles. The molecule has 92 valence electrons. The fourth-order valence-electron chi connectivity index (χ4n) is 1.85. The zero-order chi connectivity index (χ0) is 12.4. The predicted octanol–water partition coefficient (Wildman–Crippen LogP) is 2.13. The van der Waals surface area contributed by atoms with Gasteiger partial charge in [0, 0.05) is 26.7 Å². The molecule has 0 N–H and O–H groups in total. The molecule has 17 heavy (non-hydrogen) atoms. The highest BCUT2D eigenvalue weighted by Crippen LogP contribution is 2.27. The van der Waals surface area contributed by atoms with E-state index < -0.39 is 0 Å². The molecule has 1 aromatic carbocycles. The summed E-state index contributed by atoms with van der Waals surface area (Å²) in [7, 11) is 1.76. The third kappa shape index (κ3) is 2.25. The van der Waals surface area contributed by atoms with Gasteiger partial charge in [-0.05, 0) is 31.5 Å². The number of anilines is 1. The maximum absolute atomic E-state index is 13.3. The standard InChI is InChI=1S/C13H17FN2O/c1-3-15(2)13(17)11-6-5-10(14)9-12(11)16-7-4-8-16/h5-6,9H,3-4,7-8H2,1-2H3. The molecule has 0 aromatic heterocycles. The molecule has 0 bridgehead atoms. The fraction of sp³-hybridized carbons (Fsp3) is 0.462. The van der Waals surface area contributed by atoms with Crippen molar-refractivity contribution >= 4 is 11.6 Å². The molecule has 1 heterocycles. The Morgan fingerprint density at radius 1 is 1.47 bits per heavy atom. The summed E-state index contributed by atoms with van der Waals surface area (Å²) in [6, 6.07) is 4.38. The van der Waals surface area contributed by atoms with E-state index in [0.717, 1.165) is 25.2 Å². The molecule has 1 aromatic rings. The second kappa shape index (κ2) is 4.73. The highest BCUT2D eigenvalue weighted by atomic mass is 19.1. The van der Waals surface area contributed by atoms with Crippen molar-refractivity contribution in [3.05, 3.63) is 29.6 Å². The van der Waals surface area contributed by atoms with Crippen LogP contribution in [0, 0.1) is 5.82 Å². The topological polar surface area (TPSA) is 23.6 Å². The average Bonchev–Trinajstić information content (AvgIpc) is 2.25. The van der Waals surface area contributed by atoms with E-state index in [1.807, 2.05) is 11.8 Å². The molecule has 4 heteroatoms. The van der Waals surface area contributed by atoms with Crippen molar-refractivity contribution in [2.75, 3.05) is 31.6 Å². The van der Waals surface area contributed by atoms with Crippen molar-refractivity contribution in [2.24, 2.45) is 0 Å². The van der Waals surface area contributed by atoms with Crippen LogP contribution in [0.2, 0.25) is 0 Å². The Bertz CT molecular complexity index is 429. The first-order chi connectivity index (χ1) is 8.13. The summed E-state index contributed by atoms with van der Waals surface area (Å²) >= 11 is 0. The minimum Gasteiger partial charge on any atom is -0.371 e. The number of amides is 1. The first-order valence-electron chi connectivity index (χ1n) is 5.93. The number of benzene rings is 1. The Morgan fingerprint density at radius 2 is 2.18 bits per heavy atom. The Labute approximate surface area is 101 Å². The van der Waals surface area contributed by atoms with Crippen LogP contribution in [0.1, 0.15) is 23.7 Å². The minimum absolute atomic E-state index is 0.0469. The minimum atomic E-state index is -0.289. The molecule has 0 unspecified atom stereocenters. The van der Waals surface area contributed by atoms with E-state index in [9.17, 15) is 9.18 Å². The van der Waals surface area contributed by atoms with Gasteiger partial charge in [-0.2, -0.15) is 0 Å². The van der Waals surface area contributed by atoms with Crippen molar-refractivity contribution in [1.82, 2.24) is 4.90 Å². The molecule has 1 fully saturated rings. The quantitative estimate of drug-likeness (QED) is 0.802. The van der Waals surface area contributed by atoms with Gasteiger partial charge < -0.3 is 9.80 Å². The highest BCUT2D eigenvalue weighted by molar-refractivity contribution is 5.99. The molecule has 2 rings (SSSR count). The molecule has 1 amide bonds. The van der Waals surface area contributed by atoms with Crippen LogP contribution in [0.15, 0.2) is 18.2 Å². The summed E-state index contributed by atoms with van der Waals surface area (Å²) in [5.74, 6) is -0.336. The largest absolute Gasteiger partial charge is 0.371 e. The van der Waals surface area contributed by atoms with E-state index in [1.165, 1.54) is 12.1 Å². The van der Waals surface area contributed by atoms with E-state index in [2.05, 4.69) is 0 Å². The summed E-state index contributed by atoms with van der Waals surface area (Å²) in [6.45, 7) is 4.37. The van der Waals surface area contributed by atoms with Crippen LogP contribution in [0.5, 0.6) is 0 Å². The average molecular weight is 236 g/mol. The normalized spacial score (nSPS) is 14.4. The molecule has 1 aliphatic heterocycles. The maximum Gasteiger partial charge on any atom is 0.255 e. The molecule has 0 spiro atoms. The van der Waals surface area contributed by atoms with Crippen molar-refractivity contribution in [3.63, 3.8) is 0 Å². The van der Waals surface area contributed by atoms with Crippen molar-refractivity contribution < 1.29 is 9.18 Å². The fourth-order valence-corrected chi connectivity index (χ4v) is 1.85. The van der Waals surface area contributed by atoms with Crippen LogP contribution in [0.25, 0.3) is 0 Å². The highest BCUT2D eigenvalue weighted by Gasteiger charge is 2.22. The number of carbonyl (C=O) groups excluding carboxylic acids is 1. The van der Waals surface area contributed by atoms with Crippen molar-refractivity contribution in [1.29, 1.82) is 0 Å². The summed E-state index contributed by atoms with van der Waals surface area (Å²) < 4.78 is 13.3. The van der Waals surface area contributed by atoms with E-state index >= 15 is 0 Å². The van der Waals surface area contributed by atoms with Gasteiger partial charge in [-0.3, -0.25) is 4.79 Å². The molecule has 1 saturated heterocycles. The van der Waals surface area contributed by atoms with Crippen molar-refractivity contribution in [3.8, 4) is 0 Å². The number of hydrogen-bond acceptors (Lipinski definition) is 2. The van der Waals surface area contributed by atoms with Gasteiger partial charge in [0.05, 0.1) is 11.3 Å². The number of carbonyl (C=O) groups is 1. The molecular weight excluding hydrogens is 219 g/mol. The lowest BCUT2D eigenvalue weighted by atomic mass is 10.1. The summed E-state index contributed by atoms with van der Waals surface area (Å²) in [5, 5.41) is 0. The van der Waals surface area contributed by atoms with Gasteiger partial charge in [0.25, 0.3) is 5.91 Å². The SMILES string of the molecule is CCN(C)C(=O)c1ccc(F)cc1N1CCC1. The predicted molar refractivity (Wildman–Crippen MR) is 65.9 cm³/mol. The van der Waals surface area contributed by atoms with Gasteiger partial charge >= 0.3 is 0 Å². The smallest absolute Gasteiger partial charge is 0.255 e. The Kier molecular flexibility index (Phi) is 3.31. The Morgan fingerprint density at radius 3 is 2.71 bits per heavy atom. The van der Waals surface area contributed by atoms with E-state index in [-0.39, 0.29) is 11.7 Å². The van der Waals surface area contributed by atoms with E-state index in [1.54, 1.807) is 18.0 Å². The second-order valence-corrected chi connectivity index (χ2v) is 4.32. The Hall–Kier alpha value is -1.58. The molecule has 0 saturated carbocycles. The van der Waals surface area contributed by atoms with Crippen LogP contribution < -0.4 is 4.90 Å². The van der Waals surface area contributed by atoms with Crippen LogP contribution >= 0.6 is 0 Å². The summed E-state index contributed by atoms with van der Waals surface area (Å²) in [6.07, 6.45) is 1.10. The monoisotopic (exact) mass is 236 g/mol. The molecule has 3 nitrogen and oxygen atoms in total. The van der Waals surface area contributed by atoms with Gasteiger partial charge in [-0.25, -0.2) is 4.39 Å². The lowest BCUT2D eigenvalue weighted by Gasteiger charge is -2.35. The third-order valence-electron chi connectivity index (χ3n) is 3.21. The lowest BCUT2D eigenvalue weighted by Crippen LogP contribution is -2.39. The molecule has 0 atom stereocenters. The van der Waals surface area contributed by atoms with Crippen LogP contribution in [0.4, 0.5) is 10.1 Å². The van der Waals surface area contributed by atoms with Crippen LogP contribution in [-0.2, 0) is 0 Å². The first kappa shape index (κ1) is 11.9. The number of rotatable bonds is 3. The van der Waals surface area contributed by atoms with Gasteiger partial charge in [-0.15, -0.1) is 0 Å².